The average molecular weight is 853 g/mol. The minimum atomic E-state index is -1.63. The van der Waals surface area contributed by atoms with Gasteiger partial charge >= 0.3 is 5.97 Å². The van der Waals surface area contributed by atoms with E-state index in [1.54, 1.807) is 45.9 Å². The van der Waals surface area contributed by atoms with Gasteiger partial charge in [0.25, 0.3) is 0 Å². The Bertz CT molecular complexity index is 1900. The molecule has 16 nitrogen and oxygen atoms in total. The number of Topliss-reactive ketones (excluding diaryl/α,β-unsaturated/α-hetero) is 1. The number of cyclic esters (lactones) is 1. The van der Waals surface area contributed by atoms with E-state index >= 15 is 0 Å². The summed E-state index contributed by atoms with van der Waals surface area (Å²) >= 11 is 0. The maximum atomic E-state index is 14.6. The molecule has 0 aromatic carbocycles. The zero-order valence-corrected chi connectivity index (χ0v) is 37.9. The van der Waals surface area contributed by atoms with Crippen molar-refractivity contribution >= 4 is 34.9 Å². The number of hydrogen-bond donors (Lipinski definition) is 2. The number of nitrogens with zero attached hydrogens (tertiary/aromatic N) is 5. The molecule has 2 bridgehead atoms. The van der Waals surface area contributed by atoms with Crippen molar-refractivity contribution in [2.45, 2.75) is 156 Å². The smallest absolute Gasteiger partial charge is 0.316 e. The number of aliphatic hydroxyl groups is 1. The molecule has 3 aliphatic heterocycles. The van der Waals surface area contributed by atoms with Crippen LogP contribution in [0.3, 0.4) is 0 Å². The third-order valence-electron chi connectivity index (χ3n) is 12.9. The number of oxazole rings is 1. The summed E-state index contributed by atoms with van der Waals surface area (Å²) < 4.78 is 32.1. The second-order valence-corrected chi connectivity index (χ2v) is 17.9. The minimum Gasteiger partial charge on any atom is -0.459 e. The summed E-state index contributed by atoms with van der Waals surface area (Å²) in [7, 11) is 4.04. The number of carbonyl (C=O) groups is 3. The van der Waals surface area contributed by atoms with Crippen LogP contribution in [-0.2, 0) is 44.8 Å². The number of esters is 1. The average Bonchev–Trinajstić information content (AvgIpc) is 3.69. The maximum Gasteiger partial charge on any atom is 0.316 e. The molecule has 0 aliphatic carbocycles. The van der Waals surface area contributed by atoms with E-state index in [1.807, 2.05) is 48.7 Å². The molecule has 1 amide bonds. The quantitative estimate of drug-likeness (QED) is 0.164. The van der Waals surface area contributed by atoms with Crippen LogP contribution < -0.4 is 5.73 Å². The maximum absolute atomic E-state index is 14.6. The molecule has 5 heterocycles. The summed E-state index contributed by atoms with van der Waals surface area (Å²) in [6, 6.07) is 5.33. The van der Waals surface area contributed by atoms with E-state index in [0.29, 0.717) is 41.5 Å². The second-order valence-electron chi connectivity index (χ2n) is 17.9. The Hall–Kier alpha value is -4.09. The van der Waals surface area contributed by atoms with Gasteiger partial charge in [0.05, 0.1) is 30.1 Å². The van der Waals surface area contributed by atoms with E-state index in [-0.39, 0.29) is 62.8 Å². The molecule has 1 unspecified atom stereocenters. The van der Waals surface area contributed by atoms with Crippen molar-refractivity contribution in [3.63, 3.8) is 0 Å². The topological polar surface area (TPSA) is 210 Å². The largest absolute Gasteiger partial charge is 0.459 e. The van der Waals surface area contributed by atoms with Gasteiger partial charge in [0.2, 0.25) is 11.8 Å². The number of pyridine rings is 1. The number of nitrogen functional groups attached to an aromatic ring is 1. The fourth-order valence-corrected chi connectivity index (χ4v) is 9.37. The van der Waals surface area contributed by atoms with Gasteiger partial charge in [-0.05, 0) is 97.9 Å². The third kappa shape index (κ3) is 11.5. The van der Waals surface area contributed by atoms with Crippen LogP contribution in [0.25, 0.3) is 11.6 Å². The zero-order valence-electron chi connectivity index (χ0n) is 37.9. The molecule has 3 N–H and O–H groups in total. The van der Waals surface area contributed by atoms with E-state index < -0.39 is 71.0 Å². The molecule has 16 heteroatoms. The second kappa shape index (κ2) is 20.4. The first-order valence-corrected chi connectivity index (χ1v) is 21.8. The first-order chi connectivity index (χ1) is 28.8. The highest BCUT2D eigenvalue weighted by atomic mass is 16.7. The van der Waals surface area contributed by atoms with Crippen molar-refractivity contribution < 1.29 is 47.7 Å². The monoisotopic (exact) mass is 852 g/mol. The number of oxime groups is 1. The molecule has 338 valence electrons. The molecule has 0 spiro atoms. The summed E-state index contributed by atoms with van der Waals surface area (Å²) in [6.07, 6.45) is 1.36. The number of ketones is 1. The fourth-order valence-electron chi connectivity index (χ4n) is 9.37. The summed E-state index contributed by atoms with van der Waals surface area (Å²) in [4.78, 5) is 63.3. The number of hydrogen-bond acceptors (Lipinski definition) is 15. The Kier molecular flexibility index (Phi) is 16.0. The highest BCUT2D eigenvalue weighted by molar-refractivity contribution is 6.00. The number of aromatic nitrogens is 2. The number of rotatable bonds is 9. The Labute approximate surface area is 360 Å². The van der Waals surface area contributed by atoms with Crippen LogP contribution in [0.4, 0.5) is 5.82 Å². The number of ether oxygens (including phenoxy) is 4. The SMILES string of the molecule is CCC(=O)N=C1[C@H](C)C[C@@]2(C)OC/C(=N/OCc3coc(-c4cccc(N)n4)n3)CC[C@H]([C@H]1C)[C@](C)(O)[C@@H](CC)OC(=O)[C@H](C)C(=O)[C@H](C)[C@H]2O[C@H]1CC(N(C)C)C[C@@H](C)O1. The highest BCUT2D eigenvalue weighted by Crippen LogP contribution is 2.42. The molecular formula is C45H68N6O10. The van der Waals surface area contributed by atoms with Gasteiger partial charge in [-0.1, -0.05) is 45.8 Å². The molecule has 12 atom stereocenters. The molecule has 3 aliphatic rings. The lowest BCUT2D eigenvalue weighted by atomic mass is 9.68. The number of nitrogens with two attached hydrogens (primary N) is 1. The Morgan fingerprint density at radius 2 is 1.80 bits per heavy atom. The normalized spacial score (nSPS) is 36.0. The number of anilines is 1. The molecule has 0 radical (unpaired) electrons. The van der Waals surface area contributed by atoms with Crippen molar-refractivity contribution in [2.75, 3.05) is 26.4 Å². The number of amides is 1. The lowest BCUT2D eigenvalue weighted by Crippen LogP contribution is -2.56. The van der Waals surface area contributed by atoms with Crippen molar-refractivity contribution in [3.8, 4) is 11.6 Å². The van der Waals surface area contributed by atoms with Crippen molar-refractivity contribution in [2.24, 2.45) is 39.7 Å². The van der Waals surface area contributed by atoms with Gasteiger partial charge in [-0.15, -0.1) is 0 Å². The van der Waals surface area contributed by atoms with Crippen molar-refractivity contribution in [1.29, 1.82) is 0 Å². The number of fused-ring (bicyclic) bond motifs is 5. The van der Waals surface area contributed by atoms with Crippen LogP contribution in [0.5, 0.6) is 0 Å². The van der Waals surface area contributed by atoms with E-state index in [9.17, 15) is 19.5 Å². The minimum absolute atomic E-state index is 0.0324. The van der Waals surface area contributed by atoms with Gasteiger partial charge in [0.15, 0.2) is 18.7 Å². The van der Waals surface area contributed by atoms with Gasteiger partial charge in [0, 0.05) is 36.4 Å². The van der Waals surface area contributed by atoms with Crippen LogP contribution in [0, 0.1) is 29.6 Å². The molecule has 3 saturated heterocycles. The lowest BCUT2D eigenvalue weighted by Gasteiger charge is -2.46. The van der Waals surface area contributed by atoms with Gasteiger partial charge in [-0.2, -0.15) is 0 Å². The van der Waals surface area contributed by atoms with Crippen LogP contribution in [0.1, 0.15) is 113 Å². The standard InChI is InChI=1S/C45H68N6O10/c1-12-35-45(9,55)33-18-17-30(50-58-24-31-22-56-42(47-31)34-15-14-16-36(46)48-34)23-57-44(8,21-25(3)39(27(33)5)49-37(52)13-2)41(28(6)40(53)29(7)43(54)60-35)61-38-20-32(51(10)11)19-26(4)59-38/h14-16,22,25-29,32-33,35,38,41,55H,12-13,17-21,23-24H2,1-11H3,(H2,46,48)/b49-39?,50-30+/t25-,26-,27-,28+,29-,32?,33-,35-,38+,41-,44-,45+/m1/s1. The van der Waals surface area contributed by atoms with Gasteiger partial charge < -0.3 is 43.9 Å². The molecule has 61 heavy (non-hydrogen) atoms. The van der Waals surface area contributed by atoms with Gasteiger partial charge in [-0.25, -0.2) is 15.0 Å². The first kappa shape index (κ1) is 48.0. The predicted molar refractivity (Wildman–Crippen MR) is 229 cm³/mol. The van der Waals surface area contributed by atoms with E-state index in [2.05, 4.69) is 20.0 Å². The van der Waals surface area contributed by atoms with Crippen LogP contribution in [0.15, 0.2) is 39.0 Å². The van der Waals surface area contributed by atoms with Crippen molar-refractivity contribution in [3.05, 3.63) is 30.2 Å². The summed E-state index contributed by atoms with van der Waals surface area (Å²) in [5, 5.41) is 17.2. The zero-order chi connectivity index (χ0) is 44.8. The molecule has 2 aromatic rings. The Balaban J connectivity index is 1.63. The van der Waals surface area contributed by atoms with Gasteiger partial charge in [0.1, 0.15) is 41.1 Å². The predicted octanol–water partition coefficient (Wildman–Crippen LogP) is 6.18. The fraction of sp³-hybridized carbons (Fsp3) is 0.711. The molecule has 5 rings (SSSR count). The Morgan fingerprint density at radius 1 is 1.07 bits per heavy atom. The molecule has 3 fully saturated rings. The molecule has 2 aromatic heterocycles. The van der Waals surface area contributed by atoms with Crippen LogP contribution in [-0.4, -0.2) is 112 Å². The van der Waals surface area contributed by atoms with Crippen LogP contribution >= 0.6 is 0 Å². The van der Waals surface area contributed by atoms with Crippen LogP contribution in [0.2, 0.25) is 0 Å². The third-order valence-corrected chi connectivity index (χ3v) is 12.9. The summed E-state index contributed by atoms with van der Waals surface area (Å²) in [5.74, 6) is -4.37. The van der Waals surface area contributed by atoms with E-state index in [4.69, 9.17) is 38.9 Å². The van der Waals surface area contributed by atoms with Gasteiger partial charge in [-0.3, -0.25) is 14.4 Å². The molecule has 0 saturated carbocycles. The number of aliphatic imine (C=N–C) groups is 1. The summed E-state index contributed by atoms with van der Waals surface area (Å²) in [6.45, 7) is 16.3. The Morgan fingerprint density at radius 3 is 2.48 bits per heavy atom. The lowest BCUT2D eigenvalue weighted by molar-refractivity contribution is -0.263. The van der Waals surface area contributed by atoms with Crippen molar-refractivity contribution in [1.82, 2.24) is 14.9 Å². The van der Waals surface area contributed by atoms with E-state index in [0.717, 1.165) is 6.42 Å². The first-order valence-electron chi connectivity index (χ1n) is 21.8. The van der Waals surface area contributed by atoms with E-state index in [1.165, 1.54) is 6.26 Å². The summed E-state index contributed by atoms with van der Waals surface area (Å²) in [5.41, 5.74) is 5.02. The highest BCUT2D eigenvalue weighted by Gasteiger charge is 2.51. The molecular weight excluding hydrogens is 785 g/mol. The number of carbonyl (C=O) groups excluding carboxylic acids is 3.